The highest BCUT2D eigenvalue weighted by Gasteiger charge is 2.43. The van der Waals surface area contributed by atoms with Crippen molar-refractivity contribution in [3.05, 3.63) is 59.1 Å². The summed E-state index contributed by atoms with van der Waals surface area (Å²) in [6, 6.07) is 9.13. The summed E-state index contributed by atoms with van der Waals surface area (Å²) in [5.41, 5.74) is 2.73. The van der Waals surface area contributed by atoms with Crippen molar-refractivity contribution in [1.29, 1.82) is 0 Å². The minimum absolute atomic E-state index is 0.00546. The summed E-state index contributed by atoms with van der Waals surface area (Å²) in [6.45, 7) is 5.41. The molecule has 3 saturated heterocycles. The van der Waals surface area contributed by atoms with Crippen LogP contribution in [0.4, 0.5) is 0 Å². The molecule has 0 spiro atoms. The van der Waals surface area contributed by atoms with E-state index in [9.17, 15) is 14.4 Å². The lowest BCUT2D eigenvalue weighted by Crippen LogP contribution is -2.29. The number of carboxylic acids is 1. The lowest BCUT2D eigenvalue weighted by Gasteiger charge is -2.21. The number of Topliss-reactive ketones (excluding diaryl/α,β-unsaturated/α-hetero) is 1. The van der Waals surface area contributed by atoms with Crippen LogP contribution in [0.5, 0.6) is 0 Å². The van der Waals surface area contributed by atoms with Gasteiger partial charge in [0, 0.05) is 45.3 Å². The topological polar surface area (TPSA) is 80.5 Å². The zero-order valence-electron chi connectivity index (χ0n) is 14.9. The first kappa shape index (κ1) is 17.3. The van der Waals surface area contributed by atoms with Gasteiger partial charge in [0.1, 0.15) is 11.4 Å². The Kier molecular flexibility index (Phi) is 4.43. The second-order valence-corrected chi connectivity index (χ2v) is 6.94. The standard InChI is InChI=1S/C12H13N3O2.C8H8O2/c16-9-7-8(13-1-2-13)12(17)11(15-5-6-15)10(9)14-3-4-14;9-8(10)6-7-4-2-1-3-5-7/h7H,1-6H2;1-5H,6H2,(H,9,10). The maximum absolute atomic E-state index is 12.4. The average molecular weight is 367 g/mol. The first-order chi connectivity index (χ1) is 13.0. The van der Waals surface area contributed by atoms with Gasteiger partial charge in [-0.1, -0.05) is 30.3 Å². The number of allylic oxidation sites excluding steroid dienone is 1. The number of aliphatic carboxylic acids is 1. The second kappa shape index (κ2) is 6.90. The molecule has 4 aliphatic rings. The molecule has 7 heteroatoms. The first-order valence-electron chi connectivity index (χ1n) is 9.10. The number of carbonyl (C=O) groups excluding carboxylic acids is 2. The number of rotatable bonds is 5. The highest BCUT2D eigenvalue weighted by Crippen LogP contribution is 2.33. The van der Waals surface area contributed by atoms with E-state index >= 15 is 0 Å². The van der Waals surface area contributed by atoms with Crippen LogP contribution in [0.3, 0.4) is 0 Å². The van der Waals surface area contributed by atoms with Crippen molar-refractivity contribution in [2.75, 3.05) is 39.3 Å². The molecule has 7 nitrogen and oxygen atoms in total. The minimum atomic E-state index is -0.786. The van der Waals surface area contributed by atoms with Crippen LogP contribution in [0.2, 0.25) is 0 Å². The molecule has 0 bridgehead atoms. The van der Waals surface area contributed by atoms with Gasteiger partial charge in [0.25, 0.3) is 0 Å². The monoisotopic (exact) mass is 367 g/mol. The van der Waals surface area contributed by atoms with Gasteiger partial charge in [-0.2, -0.15) is 0 Å². The predicted molar refractivity (Wildman–Crippen MR) is 97.6 cm³/mol. The molecule has 27 heavy (non-hydrogen) atoms. The third kappa shape index (κ3) is 4.02. The Labute approximate surface area is 157 Å². The fourth-order valence-corrected chi connectivity index (χ4v) is 3.05. The van der Waals surface area contributed by atoms with Crippen molar-refractivity contribution in [1.82, 2.24) is 14.7 Å². The molecule has 140 valence electrons. The Morgan fingerprint density at radius 2 is 1.41 bits per heavy atom. The number of benzene rings is 1. The lowest BCUT2D eigenvalue weighted by molar-refractivity contribution is -0.136. The first-order valence-corrected chi connectivity index (χ1v) is 9.10. The average Bonchev–Trinajstić information content (AvgIpc) is 3.46. The number of hydrogen-bond donors (Lipinski definition) is 1. The summed E-state index contributed by atoms with van der Waals surface area (Å²) in [4.78, 5) is 40.6. The van der Waals surface area contributed by atoms with E-state index in [0.717, 1.165) is 44.8 Å². The molecule has 0 atom stereocenters. The zero-order chi connectivity index (χ0) is 19.0. The van der Waals surface area contributed by atoms with Crippen LogP contribution in [0.1, 0.15) is 5.56 Å². The van der Waals surface area contributed by atoms with Crippen molar-refractivity contribution < 1.29 is 19.5 Å². The van der Waals surface area contributed by atoms with Crippen LogP contribution in [0.15, 0.2) is 53.5 Å². The molecule has 1 aromatic carbocycles. The quantitative estimate of drug-likeness (QED) is 0.599. The van der Waals surface area contributed by atoms with Crippen molar-refractivity contribution in [3.8, 4) is 0 Å². The molecular weight excluding hydrogens is 346 g/mol. The fourth-order valence-electron chi connectivity index (χ4n) is 3.05. The molecular formula is C20H21N3O4. The van der Waals surface area contributed by atoms with E-state index < -0.39 is 5.97 Å². The number of nitrogens with zero attached hydrogens (tertiary/aromatic N) is 3. The number of carboxylic acid groups (broad SMARTS) is 1. The fraction of sp³-hybridized carbons (Fsp3) is 0.350. The molecule has 0 aromatic heterocycles. The predicted octanol–water partition coefficient (Wildman–Crippen LogP) is 0.494. The summed E-state index contributed by atoms with van der Waals surface area (Å²) in [7, 11) is 0. The molecule has 3 fully saturated rings. The molecule has 1 aromatic rings. The van der Waals surface area contributed by atoms with E-state index in [1.54, 1.807) is 12.1 Å². The number of hydrogen-bond acceptors (Lipinski definition) is 6. The van der Waals surface area contributed by atoms with Gasteiger partial charge in [-0.05, 0) is 5.56 Å². The molecule has 0 amide bonds. The van der Waals surface area contributed by atoms with Gasteiger partial charge >= 0.3 is 5.97 Å². The zero-order valence-corrected chi connectivity index (χ0v) is 14.9. The third-order valence-corrected chi connectivity index (χ3v) is 4.69. The Bertz CT molecular complexity index is 847. The summed E-state index contributed by atoms with van der Waals surface area (Å²) < 4.78 is 0. The highest BCUT2D eigenvalue weighted by molar-refractivity contribution is 6.22. The molecule has 3 heterocycles. The molecule has 1 aliphatic carbocycles. The molecule has 0 radical (unpaired) electrons. The maximum atomic E-state index is 12.4. The van der Waals surface area contributed by atoms with Crippen molar-refractivity contribution in [2.45, 2.75) is 6.42 Å². The Morgan fingerprint density at radius 1 is 0.852 bits per heavy atom. The van der Waals surface area contributed by atoms with Crippen LogP contribution in [0, 0.1) is 0 Å². The summed E-state index contributed by atoms with van der Waals surface area (Å²) in [5.74, 6) is -0.737. The van der Waals surface area contributed by atoms with Crippen molar-refractivity contribution in [2.24, 2.45) is 0 Å². The van der Waals surface area contributed by atoms with E-state index in [0.29, 0.717) is 17.1 Å². The normalized spacial score (nSPS) is 20.1. The van der Waals surface area contributed by atoms with Crippen molar-refractivity contribution >= 4 is 17.5 Å². The van der Waals surface area contributed by atoms with Gasteiger partial charge in [-0.3, -0.25) is 14.4 Å². The van der Waals surface area contributed by atoms with E-state index in [1.165, 1.54) is 6.08 Å². The maximum Gasteiger partial charge on any atom is 0.307 e. The lowest BCUT2D eigenvalue weighted by atomic mass is 10.0. The van der Waals surface area contributed by atoms with Crippen LogP contribution in [-0.2, 0) is 20.8 Å². The largest absolute Gasteiger partial charge is 0.481 e. The van der Waals surface area contributed by atoms with E-state index in [1.807, 2.05) is 32.9 Å². The summed E-state index contributed by atoms with van der Waals surface area (Å²) >= 11 is 0. The minimum Gasteiger partial charge on any atom is -0.481 e. The summed E-state index contributed by atoms with van der Waals surface area (Å²) in [5, 5.41) is 8.37. The van der Waals surface area contributed by atoms with Crippen molar-refractivity contribution in [3.63, 3.8) is 0 Å². The Hall–Kier alpha value is -3.09. The molecule has 0 saturated carbocycles. The third-order valence-electron chi connectivity index (χ3n) is 4.69. The Balaban J connectivity index is 0.000000155. The van der Waals surface area contributed by atoms with E-state index in [4.69, 9.17) is 5.11 Å². The van der Waals surface area contributed by atoms with Crippen LogP contribution >= 0.6 is 0 Å². The van der Waals surface area contributed by atoms with Gasteiger partial charge in [0.2, 0.25) is 11.6 Å². The summed E-state index contributed by atoms with van der Waals surface area (Å²) in [6.07, 6.45) is 1.64. The van der Waals surface area contributed by atoms with Gasteiger partial charge in [0.15, 0.2) is 0 Å². The smallest absolute Gasteiger partial charge is 0.307 e. The van der Waals surface area contributed by atoms with E-state index in [-0.39, 0.29) is 18.0 Å². The molecule has 1 N–H and O–H groups in total. The molecule has 3 aliphatic heterocycles. The van der Waals surface area contributed by atoms with Crippen LogP contribution < -0.4 is 0 Å². The van der Waals surface area contributed by atoms with Gasteiger partial charge in [-0.15, -0.1) is 0 Å². The van der Waals surface area contributed by atoms with Gasteiger partial charge < -0.3 is 19.8 Å². The number of ketones is 2. The SMILES string of the molecule is O=C(O)Cc1ccccc1.O=C1C=C(N2CC2)C(=O)C(N2CC2)=C1N1CC1. The molecule has 0 unspecified atom stereocenters. The van der Waals surface area contributed by atoms with Gasteiger partial charge in [-0.25, -0.2) is 0 Å². The molecule has 5 rings (SSSR count). The number of carbonyl (C=O) groups is 3. The Morgan fingerprint density at radius 3 is 1.93 bits per heavy atom. The highest BCUT2D eigenvalue weighted by atomic mass is 16.4. The van der Waals surface area contributed by atoms with Gasteiger partial charge in [0.05, 0.1) is 12.1 Å². The van der Waals surface area contributed by atoms with Crippen LogP contribution in [0.25, 0.3) is 0 Å². The van der Waals surface area contributed by atoms with E-state index in [2.05, 4.69) is 0 Å². The van der Waals surface area contributed by atoms with Crippen LogP contribution in [-0.4, -0.2) is 76.6 Å². The second-order valence-electron chi connectivity index (χ2n) is 6.94.